The number of rotatable bonds is 2. The van der Waals surface area contributed by atoms with E-state index in [1.165, 1.54) is 18.4 Å². The smallest absolute Gasteiger partial charge is 0.412 e. The first-order valence-electron chi connectivity index (χ1n) is 7.22. The molecule has 3 nitrogen and oxygen atoms in total. The van der Waals surface area contributed by atoms with Gasteiger partial charge in [0.25, 0.3) is 0 Å². The van der Waals surface area contributed by atoms with E-state index in [0.29, 0.717) is 5.92 Å². The van der Waals surface area contributed by atoms with Crippen LogP contribution in [0.25, 0.3) is 0 Å². The second kappa shape index (κ2) is 5.95. The maximum Gasteiger partial charge on any atom is 0.412 e. The van der Waals surface area contributed by atoms with Gasteiger partial charge in [0.15, 0.2) is 0 Å². The first kappa shape index (κ1) is 13.0. The van der Waals surface area contributed by atoms with E-state index < -0.39 is 0 Å². The predicted octanol–water partition coefficient (Wildman–Crippen LogP) is 4.29. The molecule has 2 atom stereocenters. The number of ether oxygens (including phenoxy) is 1. The summed E-state index contributed by atoms with van der Waals surface area (Å²) in [5.41, 5.74) is 2.09. The van der Waals surface area contributed by atoms with Crippen LogP contribution in [0.15, 0.2) is 54.1 Å². The minimum Gasteiger partial charge on any atom is -0.442 e. The fourth-order valence-corrected chi connectivity index (χ4v) is 2.88. The van der Waals surface area contributed by atoms with Gasteiger partial charge in [-0.05, 0) is 55.4 Å². The van der Waals surface area contributed by atoms with Crippen LogP contribution in [0.1, 0.15) is 25.7 Å². The van der Waals surface area contributed by atoms with Crippen molar-refractivity contribution in [2.75, 3.05) is 5.32 Å². The van der Waals surface area contributed by atoms with Crippen molar-refractivity contribution in [3.05, 3.63) is 54.1 Å². The Morgan fingerprint density at radius 1 is 1.15 bits per heavy atom. The highest BCUT2D eigenvalue weighted by molar-refractivity contribution is 5.84. The molecule has 0 heterocycles. The Kier molecular flexibility index (Phi) is 3.86. The summed E-state index contributed by atoms with van der Waals surface area (Å²) in [6.45, 7) is 0. The van der Waals surface area contributed by atoms with Gasteiger partial charge >= 0.3 is 6.09 Å². The summed E-state index contributed by atoms with van der Waals surface area (Å²) in [6, 6.07) is 9.38. The van der Waals surface area contributed by atoms with Crippen LogP contribution in [0.2, 0.25) is 0 Å². The van der Waals surface area contributed by atoms with Crippen molar-refractivity contribution < 1.29 is 9.53 Å². The molecule has 0 unspecified atom stereocenters. The van der Waals surface area contributed by atoms with Crippen molar-refractivity contribution >= 4 is 11.8 Å². The summed E-state index contributed by atoms with van der Waals surface area (Å²) >= 11 is 0. The first-order valence-corrected chi connectivity index (χ1v) is 7.22. The molecule has 1 N–H and O–H groups in total. The van der Waals surface area contributed by atoms with Crippen molar-refractivity contribution in [2.24, 2.45) is 5.92 Å². The molecule has 0 saturated carbocycles. The fraction of sp³-hybridized carbons (Fsp3) is 0.353. The van der Waals surface area contributed by atoms with Crippen LogP contribution in [0.5, 0.6) is 0 Å². The largest absolute Gasteiger partial charge is 0.442 e. The van der Waals surface area contributed by atoms with E-state index in [1.54, 1.807) is 0 Å². The van der Waals surface area contributed by atoms with Gasteiger partial charge in [0.05, 0.1) is 0 Å². The van der Waals surface area contributed by atoms with Crippen LogP contribution in [0, 0.1) is 5.92 Å². The van der Waals surface area contributed by atoms with Crippen molar-refractivity contribution in [3.8, 4) is 0 Å². The molecule has 0 radical (unpaired) electrons. The van der Waals surface area contributed by atoms with Crippen molar-refractivity contribution in [3.63, 3.8) is 0 Å². The molecule has 20 heavy (non-hydrogen) atoms. The Morgan fingerprint density at radius 2 is 2.00 bits per heavy atom. The molecule has 0 saturated heterocycles. The van der Waals surface area contributed by atoms with Crippen LogP contribution in [-0.4, -0.2) is 12.2 Å². The quantitative estimate of drug-likeness (QED) is 0.869. The Morgan fingerprint density at radius 3 is 2.85 bits per heavy atom. The molecule has 1 aromatic carbocycles. The maximum absolute atomic E-state index is 11.9. The van der Waals surface area contributed by atoms with E-state index in [1.807, 2.05) is 30.3 Å². The number of amides is 1. The summed E-state index contributed by atoms with van der Waals surface area (Å²) in [6.07, 6.45) is 10.4. The molecule has 0 fully saturated rings. The lowest BCUT2D eigenvalue weighted by molar-refractivity contribution is 0.121. The molecule has 0 spiro atoms. The third-order valence-electron chi connectivity index (χ3n) is 3.92. The second-order valence-corrected chi connectivity index (χ2v) is 5.36. The third kappa shape index (κ3) is 3.10. The Labute approximate surface area is 119 Å². The van der Waals surface area contributed by atoms with Gasteiger partial charge in [0.2, 0.25) is 0 Å². The summed E-state index contributed by atoms with van der Waals surface area (Å²) in [7, 11) is 0. The molecule has 1 aromatic rings. The average molecular weight is 269 g/mol. The second-order valence-electron chi connectivity index (χ2n) is 5.36. The van der Waals surface area contributed by atoms with Gasteiger partial charge in [0, 0.05) is 5.69 Å². The zero-order chi connectivity index (χ0) is 13.8. The van der Waals surface area contributed by atoms with Crippen LogP contribution in [0.3, 0.4) is 0 Å². The number of hydrogen-bond acceptors (Lipinski definition) is 2. The average Bonchev–Trinajstić information content (AvgIpc) is 2.48. The summed E-state index contributed by atoms with van der Waals surface area (Å²) < 4.78 is 5.48. The van der Waals surface area contributed by atoms with Gasteiger partial charge in [-0.25, -0.2) is 4.79 Å². The van der Waals surface area contributed by atoms with Gasteiger partial charge in [-0.2, -0.15) is 0 Å². The summed E-state index contributed by atoms with van der Waals surface area (Å²) in [5, 5.41) is 2.75. The van der Waals surface area contributed by atoms with E-state index in [4.69, 9.17) is 4.74 Å². The lowest BCUT2D eigenvalue weighted by Gasteiger charge is -2.29. The molecule has 2 aliphatic rings. The molecular weight excluding hydrogens is 250 g/mol. The lowest BCUT2D eigenvalue weighted by Crippen LogP contribution is -2.26. The monoisotopic (exact) mass is 269 g/mol. The van der Waals surface area contributed by atoms with E-state index in [2.05, 4.69) is 23.5 Å². The number of benzene rings is 1. The highest BCUT2D eigenvalue weighted by atomic mass is 16.6. The minimum absolute atomic E-state index is 0.104. The maximum atomic E-state index is 11.9. The number of hydrogen-bond donors (Lipinski definition) is 1. The zero-order valence-corrected chi connectivity index (χ0v) is 11.4. The SMILES string of the molecule is O=C(Nc1ccccc1)O[C@H]1C=C2C=CCC[C@@H]2CC1. The van der Waals surface area contributed by atoms with E-state index in [0.717, 1.165) is 18.5 Å². The molecule has 0 bridgehead atoms. The number of fused-ring (bicyclic) bond motifs is 1. The predicted molar refractivity (Wildman–Crippen MR) is 79.5 cm³/mol. The Hall–Kier alpha value is -2.03. The third-order valence-corrected chi connectivity index (χ3v) is 3.92. The number of anilines is 1. The zero-order valence-electron chi connectivity index (χ0n) is 11.4. The summed E-state index contributed by atoms with van der Waals surface area (Å²) in [4.78, 5) is 11.9. The molecule has 1 amide bonds. The highest BCUT2D eigenvalue weighted by Gasteiger charge is 2.24. The van der Waals surface area contributed by atoms with Crippen LogP contribution < -0.4 is 5.32 Å². The molecule has 0 aliphatic heterocycles. The standard InChI is InChI=1S/C17H19NO2/c19-17(18-15-8-2-1-3-9-15)20-16-11-10-13-6-4-5-7-14(13)12-16/h1-3,5,7-9,12-13,16H,4,6,10-11H2,(H,18,19)/t13-,16-/m1/s1. The fourth-order valence-electron chi connectivity index (χ4n) is 2.88. The Bertz CT molecular complexity index is 533. The van der Waals surface area contributed by atoms with Crippen molar-refractivity contribution in [2.45, 2.75) is 31.8 Å². The van der Waals surface area contributed by atoms with Crippen molar-refractivity contribution in [1.82, 2.24) is 0 Å². The molecular formula is C17H19NO2. The normalized spacial score (nSPS) is 24.5. The van der Waals surface area contributed by atoms with Gasteiger partial charge in [0.1, 0.15) is 6.10 Å². The number of nitrogens with one attached hydrogen (secondary N) is 1. The van der Waals surface area contributed by atoms with E-state index in [-0.39, 0.29) is 12.2 Å². The first-order chi connectivity index (χ1) is 9.81. The van der Waals surface area contributed by atoms with Crippen molar-refractivity contribution in [1.29, 1.82) is 0 Å². The van der Waals surface area contributed by atoms with Crippen LogP contribution in [0.4, 0.5) is 10.5 Å². The molecule has 2 aliphatic carbocycles. The number of allylic oxidation sites excluding steroid dienone is 3. The van der Waals surface area contributed by atoms with E-state index >= 15 is 0 Å². The molecule has 3 heteroatoms. The highest BCUT2D eigenvalue weighted by Crippen LogP contribution is 2.33. The van der Waals surface area contributed by atoms with E-state index in [9.17, 15) is 4.79 Å². The lowest BCUT2D eigenvalue weighted by atomic mass is 9.80. The van der Waals surface area contributed by atoms with Gasteiger partial charge in [-0.15, -0.1) is 0 Å². The minimum atomic E-state index is -0.378. The molecule has 0 aromatic heterocycles. The van der Waals surface area contributed by atoms with Crippen LogP contribution >= 0.6 is 0 Å². The number of carbonyl (C=O) groups is 1. The molecule has 3 rings (SSSR count). The topological polar surface area (TPSA) is 38.3 Å². The van der Waals surface area contributed by atoms with Gasteiger partial charge < -0.3 is 4.74 Å². The summed E-state index contributed by atoms with van der Waals surface area (Å²) in [5.74, 6) is 0.664. The van der Waals surface area contributed by atoms with Gasteiger partial charge in [-0.1, -0.05) is 30.4 Å². The van der Waals surface area contributed by atoms with Crippen LogP contribution in [-0.2, 0) is 4.74 Å². The number of carbonyl (C=O) groups excluding carboxylic acids is 1. The van der Waals surface area contributed by atoms with Gasteiger partial charge in [-0.3, -0.25) is 5.32 Å². The Balaban J connectivity index is 1.59. The number of para-hydroxylation sites is 1. The molecule has 104 valence electrons.